The summed E-state index contributed by atoms with van der Waals surface area (Å²) in [5.41, 5.74) is 2.16. The molecule has 10 heteroatoms. The van der Waals surface area contributed by atoms with Crippen molar-refractivity contribution in [3.8, 4) is 27.2 Å². The van der Waals surface area contributed by atoms with Gasteiger partial charge >= 0.3 is 0 Å². The second-order valence-electron chi connectivity index (χ2n) is 7.85. The molecule has 5 rings (SSSR count). The van der Waals surface area contributed by atoms with Gasteiger partial charge in [-0.3, -0.25) is 0 Å². The van der Waals surface area contributed by atoms with Crippen LogP contribution in [0.15, 0.2) is 30.5 Å². The average molecular weight is 433 g/mol. The third-order valence-corrected chi connectivity index (χ3v) is 6.47. The number of hydrogen-bond donors (Lipinski definition) is 2. The number of halogens is 2. The number of aromatic nitrogens is 4. The summed E-state index contributed by atoms with van der Waals surface area (Å²) in [6.07, 6.45) is -0.194. The van der Waals surface area contributed by atoms with E-state index in [-0.39, 0.29) is 24.3 Å². The fraction of sp³-hybridized carbons (Fsp3) is 0.450. The number of nitrogens with one attached hydrogen (secondary N) is 1. The van der Waals surface area contributed by atoms with Gasteiger partial charge in [-0.1, -0.05) is 16.4 Å². The minimum atomic E-state index is -1.51. The summed E-state index contributed by atoms with van der Waals surface area (Å²) in [7, 11) is 0. The number of fused-ring (bicyclic) bond motifs is 2. The highest BCUT2D eigenvalue weighted by Crippen LogP contribution is 2.37. The molecule has 2 bridgehead atoms. The fourth-order valence-corrected chi connectivity index (χ4v) is 4.98. The summed E-state index contributed by atoms with van der Waals surface area (Å²) >= 11 is 1.21. The van der Waals surface area contributed by atoms with Crippen molar-refractivity contribution in [2.75, 3.05) is 0 Å². The summed E-state index contributed by atoms with van der Waals surface area (Å²) < 4.78 is 35.4. The molecule has 30 heavy (non-hydrogen) atoms. The fourth-order valence-electron chi connectivity index (χ4n) is 4.18. The minimum Gasteiger partial charge on any atom is -0.507 e. The Bertz CT molecular complexity index is 1060. The maximum absolute atomic E-state index is 14.0. The normalized spacial score (nSPS) is 28.4. The van der Waals surface area contributed by atoms with Gasteiger partial charge in [-0.25, -0.2) is 13.5 Å². The van der Waals surface area contributed by atoms with E-state index in [0.29, 0.717) is 28.6 Å². The van der Waals surface area contributed by atoms with Gasteiger partial charge < -0.3 is 15.2 Å². The molecule has 4 heterocycles. The number of aryl methyl sites for hydroxylation is 1. The molecule has 2 fully saturated rings. The SMILES string of the molecule is Cc1ccn(-c2ccc(-c3nnc(OC4CC5CC(F)C(F)C(C4)N5)s3)c(O)c2)n1. The Morgan fingerprint density at radius 1 is 1.20 bits per heavy atom. The lowest BCUT2D eigenvalue weighted by Gasteiger charge is -2.42. The van der Waals surface area contributed by atoms with Crippen LogP contribution in [0, 0.1) is 6.92 Å². The lowest BCUT2D eigenvalue weighted by atomic mass is 9.83. The Kier molecular flexibility index (Phi) is 4.90. The molecule has 2 aromatic heterocycles. The molecular formula is C20H21F2N5O2S. The molecule has 0 amide bonds. The predicted octanol–water partition coefficient (Wildman–Crippen LogP) is 3.35. The second-order valence-corrected chi connectivity index (χ2v) is 8.79. The number of aromatic hydroxyl groups is 1. The topological polar surface area (TPSA) is 85.1 Å². The summed E-state index contributed by atoms with van der Waals surface area (Å²) in [5.74, 6) is 0.0639. The zero-order valence-electron chi connectivity index (χ0n) is 16.2. The first-order valence-corrected chi connectivity index (χ1v) is 10.7. The van der Waals surface area contributed by atoms with Gasteiger partial charge in [-0.05, 0) is 38.0 Å². The van der Waals surface area contributed by atoms with Gasteiger partial charge in [-0.2, -0.15) is 5.10 Å². The van der Waals surface area contributed by atoms with Crippen LogP contribution in [0.5, 0.6) is 10.9 Å². The number of benzene rings is 1. The van der Waals surface area contributed by atoms with E-state index in [1.807, 2.05) is 25.3 Å². The molecule has 0 spiro atoms. The molecule has 2 saturated heterocycles. The maximum atomic E-state index is 14.0. The zero-order chi connectivity index (χ0) is 20.8. The number of piperidine rings is 2. The van der Waals surface area contributed by atoms with Crippen molar-refractivity contribution < 1.29 is 18.6 Å². The van der Waals surface area contributed by atoms with Gasteiger partial charge in [0.1, 0.15) is 24.2 Å². The molecule has 1 aromatic carbocycles. The first-order valence-electron chi connectivity index (χ1n) is 9.86. The number of phenols is 1. The number of ether oxygens (including phenoxy) is 1. The van der Waals surface area contributed by atoms with Crippen LogP contribution in [-0.4, -0.2) is 55.6 Å². The number of nitrogens with zero attached hydrogens (tertiary/aromatic N) is 4. The van der Waals surface area contributed by atoms with Crippen molar-refractivity contribution >= 4 is 11.3 Å². The van der Waals surface area contributed by atoms with Crippen LogP contribution >= 0.6 is 11.3 Å². The number of phenolic OH excluding ortho intramolecular Hbond substituents is 1. The first-order chi connectivity index (χ1) is 14.5. The molecule has 158 valence electrons. The third kappa shape index (κ3) is 3.65. The molecule has 2 aliphatic rings. The summed E-state index contributed by atoms with van der Waals surface area (Å²) in [6.45, 7) is 1.90. The van der Waals surface area contributed by atoms with E-state index >= 15 is 0 Å². The second kappa shape index (κ2) is 7.59. The molecule has 5 atom stereocenters. The van der Waals surface area contributed by atoms with Crippen LogP contribution in [0.4, 0.5) is 8.78 Å². The zero-order valence-corrected chi connectivity index (χ0v) is 17.0. The van der Waals surface area contributed by atoms with Crippen LogP contribution in [-0.2, 0) is 0 Å². The molecule has 0 saturated carbocycles. The molecule has 2 N–H and O–H groups in total. The van der Waals surface area contributed by atoms with Crippen molar-refractivity contribution in [3.05, 3.63) is 36.2 Å². The Morgan fingerprint density at radius 2 is 2.07 bits per heavy atom. The number of hydrogen-bond acceptors (Lipinski definition) is 7. The standard InChI is InChI=1S/C20H21F2N5O2S/c1-10-4-5-27(26-10)12-2-3-14(17(28)8-12)19-24-25-20(30-19)29-13-6-11-7-15(21)18(22)16(9-13)23-11/h2-5,8,11,13,15-16,18,23,28H,6-7,9H2,1H3. The van der Waals surface area contributed by atoms with Crippen molar-refractivity contribution in [3.63, 3.8) is 0 Å². The van der Waals surface area contributed by atoms with E-state index in [1.54, 1.807) is 16.8 Å². The maximum Gasteiger partial charge on any atom is 0.294 e. The minimum absolute atomic E-state index is 0.0639. The van der Waals surface area contributed by atoms with E-state index in [1.165, 1.54) is 11.3 Å². The summed E-state index contributed by atoms with van der Waals surface area (Å²) in [5, 5.41) is 27.0. The number of rotatable bonds is 4. The molecule has 0 radical (unpaired) electrons. The molecule has 2 aliphatic heterocycles. The van der Waals surface area contributed by atoms with E-state index in [9.17, 15) is 13.9 Å². The van der Waals surface area contributed by atoms with E-state index in [4.69, 9.17) is 4.74 Å². The van der Waals surface area contributed by atoms with Crippen molar-refractivity contribution in [1.29, 1.82) is 0 Å². The molecule has 0 aliphatic carbocycles. The highest BCUT2D eigenvalue weighted by Gasteiger charge is 2.44. The summed E-state index contributed by atoms with van der Waals surface area (Å²) in [6, 6.07) is 6.47. The smallest absolute Gasteiger partial charge is 0.294 e. The van der Waals surface area contributed by atoms with Crippen LogP contribution in [0.25, 0.3) is 16.3 Å². The van der Waals surface area contributed by atoms with E-state index < -0.39 is 18.4 Å². The Labute approximate surface area is 175 Å². The van der Waals surface area contributed by atoms with Crippen molar-refractivity contribution in [1.82, 2.24) is 25.3 Å². The highest BCUT2D eigenvalue weighted by atomic mass is 32.1. The Hall–Kier alpha value is -2.59. The highest BCUT2D eigenvalue weighted by molar-refractivity contribution is 7.16. The average Bonchev–Trinajstić information content (AvgIpc) is 3.35. The van der Waals surface area contributed by atoms with Crippen LogP contribution < -0.4 is 10.1 Å². The van der Waals surface area contributed by atoms with Gasteiger partial charge in [-0.15, -0.1) is 5.10 Å². The van der Waals surface area contributed by atoms with Gasteiger partial charge in [0.15, 0.2) is 5.01 Å². The molecule has 5 unspecified atom stereocenters. The van der Waals surface area contributed by atoms with Gasteiger partial charge in [0.25, 0.3) is 5.19 Å². The lowest BCUT2D eigenvalue weighted by Crippen LogP contribution is -2.60. The lowest BCUT2D eigenvalue weighted by molar-refractivity contribution is 0.00491. The van der Waals surface area contributed by atoms with Crippen molar-refractivity contribution in [2.45, 2.75) is 56.7 Å². The molecule has 7 nitrogen and oxygen atoms in total. The Balaban J connectivity index is 1.30. The third-order valence-electron chi connectivity index (χ3n) is 5.63. The van der Waals surface area contributed by atoms with Crippen LogP contribution in [0.1, 0.15) is 25.0 Å². The largest absolute Gasteiger partial charge is 0.507 e. The van der Waals surface area contributed by atoms with Crippen LogP contribution in [0.3, 0.4) is 0 Å². The van der Waals surface area contributed by atoms with Gasteiger partial charge in [0.2, 0.25) is 0 Å². The van der Waals surface area contributed by atoms with E-state index in [0.717, 1.165) is 11.4 Å². The predicted molar refractivity (Wildman–Crippen MR) is 108 cm³/mol. The molecular weight excluding hydrogens is 412 g/mol. The van der Waals surface area contributed by atoms with Crippen LogP contribution in [0.2, 0.25) is 0 Å². The first kappa shape index (κ1) is 19.4. The van der Waals surface area contributed by atoms with Crippen molar-refractivity contribution in [2.24, 2.45) is 0 Å². The number of alkyl halides is 2. The molecule has 3 aromatic rings. The van der Waals surface area contributed by atoms with E-state index in [2.05, 4.69) is 20.6 Å². The Morgan fingerprint density at radius 3 is 2.83 bits per heavy atom. The van der Waals surface area contributed by atoms with Gasteiger partial charge in [0, 0.05) is 30.8 Å². The van der Waals surface area contributed by atoms with Gasteiger partial charge in [0.05, 0.1) is 16.9 Å². The monoisotopic (exact) mass is 433 g/mol. The quantitative estimate of drug-likeness (QED) is 0.656. The summed E-state index contributed by atoms with van der Waals surface area (Å²) in [4.78, 5) is 0.